The van der Waals surface area contributed by atoms with Gasteiger partial charge >= 0.3 is 5.97 Å². The maximum atomic E-state index is 10.9. The normalized spacial score (nSPS) is 34.2. The molecule has 1 heterocycles. The fourth-order valence-corrected chi connectivity index (χ4v) is 2.51. The number of nitrogens with one attached hydrogen (secondary N) is 1. The molecule has 1 aliphatic heterocycles. The molecule has 2 aliphatic rings. The second-order valence-electron chi connectivity index (χ2n) is 4.49. The molecule has 0 bridgehead atoms. The Labute approximate surface area is 89.8 Å². The molecule has 4 nitrogen and oxygen atoms in total. The van der Waals surface area contributed by atoms with Gasteiger partial charge in [0.1, 0.15) is 0 Å². The number of aliphatic carboxylic acids is 1. The van der Waals surface area contributed by atoms with Gasteiger partial charge in [-0.1, -0.05) is 6.92 Å². The molecule has 2 rings (SSSR count). The van der Waals surface area contributed by atoms with Crippen LogP contribution in [0.3, 0.4) is 0 Å². The molecule has 0 aromatic carbocycles. The van der Waals surface area contributed by atoms with Crippen molar-refractivity contribution >= 4 is 11.8 Å². The van der Waals surface area contributed by atoms with Gasteiger partial charge in [0.15, 0.2) is 0 Å². The fraction of sp³-hybridized carbons (Fsp3) is 0.818. The number of hydrogen-bond donors (Lipinski definition) is 2. The van der Waals surface area contributed by atoms with E-state index >= 15 is 0 Å². The van der Waals surface area contributed by atoms with Crippen molar-refractivity contribution in [3.05, 3.63) is 0 Å². The van der Waals surface area contributed by atoms with Crippen LogP contribution in [-0.4, -0.2) is 29.0 Å². The summed E-state index contributed by atoms with van der Waals surface area (Å²) in [5.74, 6) is 0.257. The minimum absolute atomic E-state index is 0.171. The van der Waals surface area contributed by atoms with Gasteiger partial charge < -0.3 is 10.4 Å². The maximum Gasteiger partial charge on any atom is 0.306 e. The summed E-state index contributed by atoms with van der Waals surface area (Å²) >= 11 is 0. The van der Waals surface area contributed by atoms with Crippen molar-refractivity contribution in [3.63, 3.8) is 0 Å². The molecule has 0 saturated heterocycles. The minimum Gasteiger partial charge on any atom is -0.481 e. The molecule has 0 amide bonds. The van der Waals surface area contributed by atoms with E-state index in [1.54, 1.807) is 0 Å². The lowest BCUT2D eigenvalue weighted by Gasteiger charge is -2.28. The molecule has 0 aromatic heterocycles. The van der Waals surface area contributed by atoms with Gasteiger partial charge in [-0.3, -0.25) is 9.79 Å². The Bertz CT molecular complexity index is 288. The van der Waals surface area contributed by atoms with Gasteiger partial charge in [-0.15, -0.1) is 0 Å². The number of nitrogens with zero attached hydrogens (tertiary/aromatic N) is 1. The monoisotopic (exact) mass is 210 g/mol. The first-order valence-corrected chi connectivity index (χ1v) is 5.76. The highest BCUT2D eigenvalue weighted by atomic mass is 16.4. The first-order chi connectivity index (χ1) is 7.20. The number of rotatable bonds is 3. The quantitative estimate of drug-likeness (QED) is 0.740. The number of hydrogen-bond acceptors (Lipinski definition) is 3. The van der Waals surface area contributed by atoms with Crippen LogP contribution in [0.25, 0.3) is 0 Å². The van der Waals surface area contributed by atoms with E-state index in [9.17, 15) is 4.79 Å². The molecule has 3 atom stereocenters. The number of amidine groups is 1. The highest BCUT2D eigenvalue weighted by Gasteiger charge is 2.37. The van der Waals surface area contributed by atoms with Gasteiger partial charge in [-0.25, -0.2) is 0 Å². The predicted molar refractivity (Wildman–Crippen MR) is 58.0 cm³/mol. The molecule has 2 N–H and O–H groups in total. The summed E-state index contributed by atoms with van der Waals surface area (Å²) in [5, 5.41) is 12.3. The topological polar surface area (TPSA) is 61.7 Å². The van der Waals surface area contributed by atoms with Crippen LogP contribution in [-0.2, 0) is 4.79 Å². The zero-order valence-electron chi connectivity index (χ0n) is 9.07. The summed E-state index contributed by atoms with van der Waals surface area (Å²) in [6.07, 6.45) is 4.51. The van der Waals surface area contributed by atoms with Crippen LogP contribution in [0.1, 0.15) is 39.0 Å². The lowest BCUT2D eigenvalue weighted by molar-refractivity contribution is -0.143. The summed E-state index contributed by atoms with van der Waals surface area (Å²) in [4.78, 5) is 15.5. The molecule has 1 aliphatic carbocycles. The third kappa shape index (κ3) is 2.13. The molecule has 1 saturated carbocycles. The van der Waals surface area contributed by atoms with Gasteiger partial charge in [-0.05, 0) is 25.7 Å². The predicted octanol–water partition coefficient (Wildman–Crippen LogP) is 1.41. The highest BCUT2D eigenvalue weighted by molar-refractivity contribution is 5.84. The number of carboxylic acids is 1. The average molecular weight is 210 g/mol. The summed E-state index contributed by atoms with van der Waals surface area (Å²) in [7, 11) is 0. The molecule has 15 heavy (non-hydrogen) atoms. The third-order valence-corrected chi connectivity index (χ3v) is 3.32. The van der Waals surface area contributed by atoms with Crippen molar-refractivity contribution in [2.75, 3.05) is 0 Å². The van der Waals surface area contributed by atoms with Gasteiger partial charge in [0, 0.05) is 6.42 Å². The standard InChI is InChI=1S/C11H18N2O2/c1-2-3-10-12-8-5-4-7(11(14)15)6-9(8)13-10/h7-9H,2-6H2,1H3,(H,12,13)(H,14,15). The SMILES string of the molecule is CCCC1=NC2CCC(C(=O)O)CC2N1. The molecule has 0 spiro atoms. The first-order valence-electron chi connectivity index (χ1n) is 5.76. The molecule has 1 fully saturated rings. The zero-order chi connectivity index (χ0) is 10.8. The van der Waals surface area contributed by atoms with Crippen molar-refractivity contribution in [1.29, 1.82) is 0 Å². The number of aliphatic imine (C=N–C) groups is 1. The highest BCUT2D eigenvalue weighted by Crippen LogP contribution is 2.29. The van der Waals surface area contributed by atoms with Gasteiger partial charge in [-0.2, -0.15) is 0 Å². The van der Waals surface area contributed by atoms with Crippen LogP contribution in [0.4, 0.5) is 0 Å². The summed E-state index contributed by atoms with van der Waals surface area (Å²) in [5.41, 5.74) is 0. The largest absolute Gasteiger partial charge is 0.481 e. The maximum absolute atomic E-state index is 10.9. The molecule has 0 radical (unpaired) electrons. The third-order valence-electron chi connectivity index (χ3n) is 3.32. The second kappa shape index (κ2) is 4.21. The lowest BCUT2D eigenvalue weighted by atomic mass is 9.83. The first kappa shape index (κ1) is 10.5. The van der Waals surface area contributed by atoms with Crippen molar-refractivity contribution in [2.24, 2.45) is 10.9 Å². The summed E-state index contributed by atoms with van der Waals surface area (Å²) < 4.78 is 0. The van der Waals surface area contributed by atoms with E-state index in [2.05, 4.69) is 17.2 Å². The van der Waals surface area contributed by atoms with Gasteiger partial charge in [0.2, 0.25) is 0 Å². The van der Waals surface area contributed by atoms with Crippen molar-refractivity contribution in [2.45, 2.75) is 51.1 Å². The van der Waals surface area contributed by atoms with E-state index in [1.807, 2.05) is 0 Å². The number of carbonyl (C=O) groups is 1. The Morgan fingerprint density at radius 1 is 1.60 bits per heavy atom. The van der Waals surface area contributed by atoms with Crippen molar-refractivity contribution < 1.29 is 9.90 Å². The lowest BCUT2D eigenvalue weighted by Crippen LogP contribution is -2.41. The minimum atomic E-state index is -0.654. The van der Waals surface area contributed by atoms with Gasteiger partial charge in [0.05, 0.1) is 23.8 Å². The van der Waals surface area contributed by atoms with E-state index in [-0.39, 0.29) is 12.0 Å². The zero-order valence-corrected chi connectivity index (χ0v) is 9.07. The van der Waals surface area contributed by atoms with E-state index < -0.39 is 5.97 Å². The molecule has 0 aromatic rings. The van der Waals surface area contributed by atoms with E-state index in [0.29, 0.717) is 6.04 Å². The van der Waals surface area contributed by atoms with E-state index in [4.69, 9.17) is 5.11 Å². The van der Waals surface area contributed by atoms with Crippen LogP contribution in [0.2, 0.25) is 0 Å². The summed E-state index contributed by atoms with van der Waals surface area (Å²) in [6, 6.07) is 0.614. The molecular weight excluding hydrogens is 192 g/mol. The van der Waals surface area contributed by atoms with E-state index in [0.717, 1.165) is 37.9 Å². The van der Waals surface area contributed by atoms with Crippen LogP contribution < -0.4 is 5.32 Å². The molecule has 4 heteroatoms. The number of carboxylic acid groups (broad SMARTS) is 1. The molecular formula is C11H18N2O2. The van der Waals surface area contributed by atoms with Crippen LogP contribution in [0.5, 0.6) is 0 Å². The average Bonchev–Trinajstić information content (AvgIpc) is 2.59. The summed E-state index contributed by atoms with van der Waals surface area (Å²) in [6.45, 7) is 2.13. The van der Waals surface area contributed by atoms with Crippen LogP contribution >= 0.6 is 0 Å². The van der Waals surface area contributed by atoms with Crippen LogP contribution in [0, 0.1) is 5.92 Å². The Morgan fingerprint density at radius 3 is 3.07 bits per heavy atom. The Hall–Kier alpha value is -1.06. The Kier molecular flexibility index (Phi) is 2.93. The van der Waals surface area contributed by atoms with Crippen molar-refractivity contribution in [1.82, 2.24) is 5.32 Å². The van der Waals surface area contributed by atoms with Crippen molar-refractivity contribution in [3.8, 4) is 0 Å². The number of fused-ring (bicyclic) bond motifs is 1. The van der Waals surface area contributed by atoms with E-state index in [1.165, 1.54) is 0 Å². The van der Waals surface area contributed by atoms with Gasteiger partial charge in [0.25, 0.3) is 0 Å². The second-order valence-corrected chi connectivity index (χ2v) is 4.49. The smallest absolute Gasteiger partial charge is 0.306 e. The molecule has 3 unspecified atom stereocenters. The van der Waals surface area contributed by atoms with Crippen LogP contribution in [0.15, 0.2) is 4.99 Å². The molecule has 84 valence electrons. The fourth-order valence-electron chi connectivity index (χ4n) is 2.51. The Morgan fingerprint density at radius 2 is 2.40 bits per heavy atom. The Balaban J connectivity index is 1.94.